The van der Waals surface area contributed by atoms with Crippen LogP contribution in [0.2, 0.25) is 0 Å². The first-order valence-electron chi connectivity index (χ1n) is 8.47. The first-order valence-corrected chi connectivity index (χ1v) is 9.26. The van der Waals surface area contributed by atoms with Gasteiger partial charge >= 0.3 is 0 Å². The highest BCUT2D eigenvalue weighted by Crippen LogP contribution is 2.51. The summed E-state index contributed by atoms with van der Waals surface area (Å²) in [5.41, 5.74) is 3.19. The number of nitrogens with zero attached hydrogens (tertiary/aromatic N) is 2. The second-order valence-corrected chi connectivity index (χ2v) is 7.92. The average molecular weight is 371 g/mol. The quantitative estimate of drug-likeness (QED) is 0.794. The molecule has 0 radical (unpaired) electrons. The van der Waals surface area contributed by atoms with E-state index in [-0.39, 0.29) is 0 Å². The lowest BCUT2D eigenvalue weighted by atomic mass is 9.97. The van der Waals surface area contributed by atoms with Crippen molar-refractivity contribution in [1.82, 2.24) is 4.90 Å². The Bertz CT molecular complexity index is 662. The smallest absolute Gasteiger partial charge is 0.0367 e. The van der Waals surface area contributed by atoms with Crippen molar-refractivity contribution < 1.29 is 0 Å². The summed E-state index contributed by atoms with van der Waals surface area (Å²) in [6.07, 6.45) is 1.29. The molecule has 1 saturated heterocycles. The van der Waals surface area contributed by atoms with Crippen LogP contribution >= 0.6 is 15.9 Å². The molecule has 0 N–H and O–H groups in total. The van der Waals surface area contributed by atoms with Crippen molar-refractivity contribution in [3.05, 3.63) is 64.6 Å². The molecule has 1 aliphatic heterocycles. The second-order valence-electron chi connectivity index (χ2n) is 7.00. The molecule has 0 amide bonds. The molecule has 1 aliphatic carbocycles. The molecule has 3 heteroatoms. The van der Waals surface area contributed by atoms with Crippen LogP contribution in [0, 0.1) is 0 Å². The number of benzene rings is 2. The van der Waals surface area contributed by atoms with Crippen LogP contribution in [0.3, 0.4) is 0 Å². The molecular formula is C20H23BrN2. The van der Waals surface area contributed by atoms with E-state index in [0.29, 0.717) is 11.5 Å². The Morgan fingerprint density at radius 1 is 0.913 bits per heavy atom. The second kappa shape index (κ2) is 5.95. The van der Waals surface area contributed by atoms with Crippen molar-refractivity contribution in [2.45, 2.75) is 24.8 Å². The van der Waals surface area contributed by atoms with Gasteiger partial charge < -0.3 is 4.90 Å². The molecule has 0 unspecified atom stereocenters. The van der Waals surface area contributed by atoms with Crippen LogP contribution in [-0.2, 0) is 5.41 Å². The van der Waals surface area contributed by atoms with Crippen LogP contribution in [-0.4, -0.2) is 37.1 Å². The largest absolute Gasteiger partial charge is 0.369 e. The maximum atomic E-state index is 3.54. The van der Waals surface area contributed by atoms with E-state index in [1.165, 1.54) is 35.2 Å². The maximum Gasteiger partial charge on any atom is 0.0367 e. The van der Waals surface area contributed by atoms with Gasteiger partial charge in [-0.3, -0.25) is 4.90 Å². The number of anilines is 1. The van der Waals surface area contributed by atoms with Crippen molar-refractivity contribution in [2.75, 3.05) is 31.1 Å². The third-order valence-electron chi connectivity index (χ3n) is 5.57. The maximum absolute atomic E-state index is 3.54. The van der Waals surface area contributed by atoms with E-state index in [1.54, 1.807) is 0 Å². The molecule has 2 nitrogen and oxygen atoms in total. The lowest BCUT2D eigenvalue weighted by Gasteiger charge is -2.37. The fraction of sp³-hybridized carbons (Fsp3) is 0.400. The van der Waals surface area contributed by atoms with Gasteiger partial charge in [0.05, 0.1) is 0 Å². The first kappa shape index (κ1) is 15.2. The Morgan fingerprint density at radius 3 is 2.22 bits per heavy atom. The highest BCUT2D eigenvalue weighted by Gasteiger charge is 2.54. The number of rotatable bonds is 3. The fourth-order valence-electron chi connectivity index (χ4n) is 3.95. The minimum Gasteiger partial charge on any atom is -0.369 e. The van der Waals surface area contributed by atoms with Gasteiger partial charge in [0.2, 0.25) is 0 Å². The van der Waals surface area contributed by atoms with E-state index >= 15 is 0 Å². The number of halogens is 1. The molecule has 2 aromatic carbocycles. The molecule has 0 aromatic heterocycles. The van der Waals surface area contributed by atoms with Crippen molar-refractivity contribution in [3.8, 4) is 0 Å². The standard InChI is InChI=1S/C20H23BrN2/c1-20(16-7-9-17(21)10-8-16)15-19(20)23-13-11-22(12-14-23)18-5-3-2-4-6-18/h2-10,19H,11-15H2,1H3/t19-,20+/m1/s1. The predicted octanol–water partition coefficient (Wildman–Crippen LogP) is 4.30. The fourth-order valence-corrected chi connectivity index (χ4v) is 4.21. The summed E-state index contributed by atoms with van der Waals surface area (Å²) in [5.74, 6) is 0. The minimum absolute atomic E-state index is 0.343. The minimum atomic E-state index is 0.343. The van der Waals surface area contributed by atoms with Gasteiger partial charge in [-0.25, -0.2) is 0 Å². The summed E-state index contributed by atoms with van der Waals surface area (Å²) >= 11 is 3.54. The van der Waals surface area contributed by atoms with Gasteiger partial charge in [-0.15, -0.1) is 0 Å². The molecule has 0 spiro atoms. The Morgan fingerprint density at radius 2 is 1.57 bits per heavy atom. The van der Waals surface area contributed by atoms with Gasteiger partial charge in [0.15, 0.2) is 0 Å². The SMILES string of the molecule is C[C@@]1(c2ccc(Br)cc2)C[C@H]1N1CCN(c2ccccc2)CC1. The monoisotopic (exact) mass is 370 g/mol. The van der Waals surface area contributed by atoms with E-state index in [4.69, 9.17) is 0 Å². The molecule has 4 rings (SSSR count). The normalized spacial score (nSPS) is 27.9. The van der Waals surface area contributed by atoms with Gasteiger partial charge in [-0.05, 0) is 36.2 Å². The zero-order chi connectivity index (χ0) is 15.9. The molecule has 2 aliphatic rings. The third kappa shape index (κ3) is 2.92. The molecule has 120 valence electrons. The van der Waals surface area contributed by atoms with E-state index in [1.807, 2.05) is 0 Å². The summed E-state index contributed by atoms with van der Waals surface area (Å²) in [7, 11) is 0. The van der Waals surface area contributed by atoms with E-state index < -0.39 is 0 Å². The predicted molar refractivity (Wildman–Crippen MR) is 100 cm³/mol. The molecule has 0 bridgehead atoms. The Kier molecular flexibility index (Phi) is 3.94. The Labute approximate surface area is 147 Å². The number of piperazine rings is 1. The summed E-state index contributed by atoms with van der Waals surface area (Å²) in [5, 5.41) is 0. The van der Waals surface area contributed by atoms with Crippen LogP contribution in [0.15, 0.2) is 59.1 Å². The van der Waals surface area contributed by atoms with Gasteiger partial charge in [-0.2, -0.15) is 0 Å². The Hall–Kier alpha value is -1.32. The molecule has 2 atom stereocenters. The van der Waals surface area contributed by atoms with Crippen molar-refractivity contribution in [2.24, 2.45) is 0 Å². The zero-order valence-electron chi connectivity index (χ0n) is 13.6. The van der Waals surface area contributed by atoms with E-state index in [9.17, 15) is 0 Å². The van der Waals surface area contributed by atoms with Crippen LogP contribution < -0.4 is 4.90 Å². The van der Waals surface area contributed by atoms with Crippen molar-refractivity contribution in [3.63, 3.8) is 0 Å². The Balaban J connectivity index is 1.39. The summed E-state index contributed by atoms with van der Waals surface area (Å²) < 4.78 is 1.17. The lowest BCUT2D eigenvalue weighted by molar-refractivity contribution is 0.233. The highest BCUT2D eigenvalue weighted by atomic mass is 79.9. The topological polar surface area (TPSA) is 6.48 Å². The van der Waals surface area contributed by atoms with Gasteiger partial charge in [0, 0.05) is 47.8 Å². The van der Waals surface area contributed by atoms with Crippen LogP contribution in [0.5, 0.6) is 0 Å². The first-order chi connectivity index (χ1) is 11.2. The van der Waals surface area contributed by atoms with E-state index in [0.717, 1.165) is 13.1 Å². The lowest BCUT2D eigenvalue weighted by Crippen LogP contribution is -2.48. The molecule has 23 heavy (non-hydrogen) atoms. The van der Waals surface area contributed by atoms with Crippen LogP contribution in [0.4, 0.5) is 5.69 Å². The van der Waals surface area contributed by atoms with Crippen molar-refractivity contribution >= 4 is 21.6 Å². The molecule has 2 aromatic rings. The summed E-state index contributed by atoms with van der Waals surface area (Å²) in [6.45, 7) is 7.04. The van der Waals surface area contributed by atoms with Gasteiger partial charge in [0.1, 0.15) is 0 Å². The number of hydrogen-bond donors (Lipinski definition) is 0. The number of hydrogen-bond acceptors (Lipinski definition) is 2. The molecular weight excluding hydrogens is 348 g/mol. The van der Waals surface area contributed by atoms with Crippen LogP contribution in [0.1, 0.15) is 18.9 Å². The van der Waals surface area contributed by atoms with Crippen LogP contribution in [0.25, 0.3) is 0 Å². The molecule has 1 heterocycles. The molecule has 2 fully saturated rings. The number of para-hydroxylation sites is 1. The van der Waals surface area contributed by atoms with Gasteiger partial charge in [0.25, 0.3) is 0 Å². The summed E-state index contributed by atoms with van der Waals surface area (Å²) in [6, 6.07) is 20.4. The zero-order valence-corrected chi connectivity index (χ0v) is 15.2. The average Bonchev–Trinajstić information content (AvgIpc) is 3.29. The third-order valence-corrected chi connectivity index (χ3v) is 6.10. The molecule has 1 saturated carbocycles. The summed E-state index contributed by atoms with van der Waals surface area (Å²) in [4.78, 5) is 5.21. The highest BCUT2D eigenvalue weighted by molar-refractivity contribution is 9.10. The van der Waals surface area contributed by atoms with Gasteiger partial charge in [-0.1, -0.05) is 53.2 Å². The van der Waals surface area contributed by atoms with E-state index in [2.05, 4.69) is 87.3 Å². The van der Waals surface area contributed by atoms with Crippen molar-refractivity contribution in [1.29, 1.82) is 0 Å².